The van der Waals surface area contributed by atoms with E-state index in [9.17, 15) is 14.7 Å². The lowest BCUT2D eigenvalue weighted by Crippen LogP contribution is -2.58. The summed E-state index contributed by atoms with van der Waals surface area (Å²) in [6.45, 7) is 0.312. The van der Waals surface area contributed by atoms with Gasteiger partial charge in [-0.05, 0) is 30.3 Å². The van der Waals surface area contributed by atoms with Crippen LogP contribution in [-0.2, 0) is 14.3 Å². The van der Waals surface area contributed by atoms with Gasteiger partial charge in [-0.25, -0.2) is 9.78 Å². The van der Waals surface area contributed by atoms with Crippen molar-refractivity contribution in [2.24, 2.45) is 0 Å². The molecule has 1 aliphatic rings. The van der Waals surface area contributed by atoms with E-state index in [4.69, 9.17) is 14.2 Å². The van der Waals surface area contributed by atoms with Gasteiger partial charge in [-0.3, -0.25) is 4.79 Å². The summed E-state index contributed by atoms with van der Waals surface area (Å²) in [5.74, 6) is -0.0309. The monoisotopic (exact) mass is 372 g/mol. The standard InChI is InChI=1S/C19H20N2O6/c22-16(21-19(18(23)24)8-11-25-12-9-19)13-26-14-4-6-15(7-5-14)27-17-3-1-2-10-20-17/h1-7,10H,8-9,11-13H2,(H,21,22)(H,23,24). The number of rotatable bonds is 7. The second-order valence-corrected chi connectivity index (χ2v) is 6.08. The molecule has 0 spiro atoms. The normalized spacial score (nSPS) is 15.6. The Kier molecular flexibility index (Phi) is 5.87. The molecule has 0 radical (unpaired) electrons. The van der Waals surface area contributed by atoms with Gasteiger partial charge >= 0.3 is 5.97 Å². The van der Waals surface area contributed by atoms with Gasteiger partial charge in [-0.15, -0.1) is 0 Å². The van der Waals surface area contributed by atoms with E-state index >= 15 is 0 Å². The Labute approximate surface area is 156 Å². The topological polar surface area (TPSA) is 107 Å². The first-order valence-corrected chi connectivity index (χ1v) is 8.51. The number of nitrogens with zero attached hydrogens (tertiary/aromatic N) is 1. The van der Waals surface area contributed by atoms with Crippen LogP contribution < -0.4 is 14.8 Å². The molecule has 0 atom stereocenters. The van der Waals surface area contributed by atoms with E-state index in [1.165, 1.54) is 0 Å². The van der Waals surface area contributed by atoms with Crippen LogP contribution in [0.15, 0.2) is 48.7 Å². The summed E-state index contributed by atoms with van der Waals surface area (Å²) in [4.78, 5) is 27.7. The third kappa shape index (κ3) is 4.95. The molecule has 0 unspecified atom stereocenters. The molecule has 27 heavy (non-hydrogen) atoms. The summed E-state index contributed by atoms with van der Waals surface area (Å²) in [6, 6.07) is 12.1. The molecule has 1 aromatic heterocycles. The number of carboxylic acid groups (broad SMARTS) is 1. The van der Waals surface area contributed by atoms with Gasteiger partial charge in [0.05, 0.1) is 0 Å². The maximum Gasteiger partial charge on any atom is 0.329 e. The highest BCUT2D eigenvalue weighted by Gasteiger charge is 2.41. The number of hydrogen-bond acceptors (Lipinski definition) is 6. The molecule has 1 aromatic carbocycles. The van der Waals surface area contributed by atoms with Crippen molar-refractivity contribution in [2.45, 2.75) is 18.4 Å². The second kappa shape index (κ2) is 8.50. The molecule has 1 amide bonds. The number of aliphatic carboxylic acids is 1. The fraction of sp³-hybridized carbons (Fsp3) is 0.316. The van der Waals surface area contributed by atoms with Crippen LogP contribution in [0.5, 0.6) is 17.4 Å². The highest BCUT2D eigenvalue weighted by atomic mass is 16.5. The Morgan fingerprint density at radius 3 is 2.44 bits per heavy atom. The number of carbonyl (C=O) groups excluding carboxylic acids is 1. The number of ether oxygens (including phenoxy) is 3. The number of amides is 1. The maximum atomic E-state index is 12.1. The van der Waals surface area contributed by atoms with Gasteiger partial charge in [0, 0.05) is 38.3 Å². The molecular weight excluding hydrogens is 352 g/mol. The largest absolute Gasteiger partial charge is 0.484 e. The molecule has 1 aliphatic heterocycles. The van der Waals surface area contributed by atoms with Gasteiger partial charge in [-0.2, -0.15) is 0 Å². The van der Waals surface area contributed by atoms with Gasteiger partial charge in [0.25, 0.3) is 5.91 Å². The fourth-order valence-electron chi connectivity index (χ4n) is 2.70. The van der Waals surface area contributed by atoms with Gasteiger partial charge in [0.2, 0.25) is 5.88 Å². The number of aromatic nitrogens is 1. The van der Waals surface area contributed by atoms with Gasteiger partial charge in [0.1, 0.15) is 17.0 Å². The smallest absolute Gasteiger partial charge is 0.329 e. The van der Waals surface area contributed by atoms with Crippen LogP contribution in [0.2, 0.25) is 0 Å². The number of benzene rings is 1. The van der Waals surface area contributed by atoms with E-state index in [-0.39, 0.29) is 19.4 Å². The fourth-order valence-corrected chi connectivity index (χ4v) is 2.70. The third-order valence-corrected chi connectivity index (χ3v) is 4.19. The number of carboxylic acids is 1. The molecule has 0 aliphatic carbocycles. The molecule has 0 bridgehead atoms. The molecular formula is C19H20N2O6. The Morgan fingerprint density at radius 1 is 1.11 bits per heavy atom. The first-order chi connectivity index (χ1) is 13.1. The van der Waals surface area contributed by atoms with E-state index in [0.717, 1.165) is 0 Å². The van der Waals surface area contributed by atoms with Gasteiger partial charge in [0.15, 0.2) is 6.61 Å². The minimum absolute atomic E-state index is 0.230. The summed E-state index contributed by atoms with van der Waals surface area (Å²) < 4.78 is 16.2. The average Bonchev–Trinajstić information content (AvgIpc) is 2.69. The molecule has 0 saturated carbocycles. The predicted molar refractivity (Wildman–Crippen MR) is 94.8 cm³/mol. The summed E-state index contributed by atoms with van der Waals surface area (Å²) in [7, 11) is 0. The van der Waals surface area contributed by atoms with Crippen molar-refractivity contribution in [3.63, 3.8) is 0 Å². The summed E-state index contributed by atoms with van der Waals surface area (Å²) in [6.07, 6.45) is 2.09. The highest BCUT2D eigenvalue weighted by molar-refractivity contribution is 5.87. The second-order valence-electron chi connectivity index (χ2n) is 6.08. The molecule has 1 saturated heterocycles. The zero-order chi connectivity index (χ0) is 19.1. The van der Waals surface area contributed by atoms with Crippen LogP contribution in [0.25, 0.3) is 0 Å². The van der Waals surface area contributed by atoms with Crippen molar-refractivity contribution in [1.29, 1.82) is 0 Å². The van der Waals surface area contributed by atoms with Crippen LogP contribution in [0.4, 0.5) is 0 Å². The minimum Gasteiger partial charge on any atom is -0.484 e. The number of pyridine rings is 1. The summed E-state index contributed by atoms with van der Waals surface area (Å²) >= 11 is 0. The Morgan fingerprint density at radius 2 is 1.81 bits per heavy atom. The first-order valence-electron chi connectivity index (χ1n) is 8.51. The molecule has 2 N–H and O–H groups in total. The van der Waals surface area contributed by atoms with Gasteiger partial charge < -0.3 is 24.6 Å². The van der Waals surface area contributed by atoms with Crippen molar-refractivity contribution in [2.75, 3.05) is 19.8 Å². The zero-order valence-corrected chi connectivity index (χ0v) is 14.6. The summed E-state index contributed by atoms with van der Waals surface area (Å²) in [5.41, 5.74) is -1.29. The quantitative estimate of drug-likeness (QED) is 0.765. The molecule has 8 nitrogen and oxygen atoms in total. The van der Waals surface area contributed by atoms with Crippen LogP contribution in [0.1, 0.15) is 12.8 Å². The number of hydrogen-bond donors (Lipinski definition) is 2. The molecule has 1 fully saturated rings. The van der Waals surface area contributed by atoms with Crippen LogP contribution in [-0.4, -0.2) is 47.3 Å². The van der Waals surface area contributed by atoms with E-state index in [0.29, 0.717) is 30.6 Å². The first kappa shape index (κ1) is 18.7. The molecule has 2 heterocycles. The van der Waals surface area contributed by atoms with Crippen molar-refractivity contribution < 1.29 is 28.9 Å². The molecule has 2 aromatic rings. The molecule has 8 heteroatoms. The van der Waals surface area contributed by atoms with Crippen LogP contribution in [0.3, 0.4) is 0 Å². The van der Waals surface area contributed by atoms with Crippen LogP contribution in [0, 0.1) is 0 Å². The Bertz CT molecular complexity index is 773. The number of carbonyl (C=O) groups is 2. The Balaban J connectivity index is 1.52. The van der Waals surface area contributed by atoms with E-state index in [1.54, 1.807) is 42.6 Å². The zero-order valence-electron chi connectivity index (χ0n) is 14.6. The number of nitrogens with one attached hydrogen (secondary N) is 1. The van der Waals surface area contributed by atoms with Crippen LogP contribution >= 0.6 is 0 Å². The lowest BCUT2D eigenvalue weighted by Gasteiger charge is -2.33. The van der Waals surface area contributed by atoms with Crippen molar-refractivity contribution in [3.8, 4) is 17.4 Å². The third-order valence-electron chi connectivity index (χ3n) is 4.19. The highest BCUT2D eigenvalue weighted by Crippen LogP contribution is 2.23. The lowest BCUT2D eigenvalue weighted by molar-refractivity contribution is -0.152. The van der Waals surface area contributed by atoms with E-state index < -0.39 is 17.4 Å². The molecule has 142 valence electrons. The van der Waals surface area contributed by atoms with Crippen molar-refractivity contribution in [1.82, 2.24) is 10.3 Å². The average molecular weight is 372 g/mol. The van der Waals surface area contributed by atoms with Gasteiger partial charge in [-0.1, -0.05) is 6.07 Å². The lowest BCUT2D eigenvalue weighted by atomic mass is 9.90. The van der Waals surface area contributed by atoms with Crippen molar-refractivity contribution in [3.05, 3.63) is 48.7 Å². The Hall–Kier alpha value is -3.13. The van der Waals surface area contributed by atoms with E-state index in [2.05, 4.69) is 10.3 Å². The maximum absolute atomic E-state index is 12.1. The minimum atomic E-state index is -1.29. The predicted octanol–water partition coefficient (Wildman–Crippen LogP) is 2.00. The molecule has 3 rings (SSSR count). The SMILES string of the molecule is O=C(COc1ccc(Oc2ccccn2)cc1)NC1(C(=O)O)CCOCC1. The van der Waals surface area contributed by atoms with E-state index in [1.807, 2.05) is 6.07 Å². The summed E-state index contributed by atoms with van der Waals surface area (Å²) in [5, 5.41) is 12.0. The van der Waals surface area contributed by atoms with Crippen molar-refractivity contribution >= 4 is 11.9 Å².